The van der Waals surface area contributed by atoms with Gasteiger partial charge in [-0.1, -0.05) is 0 Å². The van der Waals surface area contributed by atoms with Crippen molar-refractivity contribution < 1.29 is 24.7 Å². The molecule has 0 radical (unpaired) electrons. The van der Waals surface area contributed by atoms with Crippen LogP contribution in [0.2, 0.25) is 0 Å². The van der Waals surface area contributed by atoms with Crippen molar-refractivity contribution in [2.24, 2.45) is 0 Å². The number of rotatable bonds is 0. The van der Waals surface area contributed by atoms with Gasteiger partial charge >= 0.3 is 115 Å². The maximum Gasteiger partial charge on any atom is -0.147 e. The molecular formula is C13H14BrCl2Zr. The first-order valence-corrected chi connectivity index (χ1v) is 7.63. The van der Waals surface area contributed by atoms with E-state index in [4.69, 9.17) is 0 Å². The molecule has 0 nitrogen and oxygen atoms in total. The van der Waals surface area contributed by atoms with Crippen molar-refractivity contribution in [2.45, 2.75) is 29.8 Å². The standard InChI is InChI=1S/C13H12Br.2ClH.Zr/c1-8-5-10-7-9-3-2-4-11(9)13(14)12(10)6-8;;;/h5-7H,2-4H2,1H3;2*1H;. The van der Waals surface area contributed by atoms with Gasteiger partial charge in [0.2, 0.25) is 0 Å². The van der Waals surface area contributed by atoms with Gasteiger partial charge < -0.3 is 0 Å². The minimum Gasteiger partial charge on any atom is -0.147 e. The second kappa shape index (κ2) is 5.91. The van der Waals surface area contributed by atoms with E-state index in [1.165, 1.54) is 34.9 Å². The average Bonchev–Trinajstić information content (AvgIpc) is 2.77. The quantitative estimate of drug-likeness (QED) is 0.575. The molecule has 0 saturated heterocycles. The predicted octanol–water partition coefficient (Wildman–Crippen LogP) is 4.79. The van der Waals surface area contributed by atoms with Gasteiger partial charge in [-0.25, -0.2) is 0 Å². The van der Waals surface area contributed by atoms with Crippen molar-refractivity contribution in [2.75, 3.05) is 0 Å². The van der Waals surface area contributed by atoms with Crippen LogP contribution in [0, 0.1) is 0 Å². The molecule has 0 N–H and O–H groups in total. The first-order chi connectivity index (χ1) is 7.18. The third kappa shape index (κ3) is 2.48. The summed E-state index contributed by atoms with van der Waals surface area (Å²) in [7, 11) is 0. The van der Waals surface area contributed by atoms with E-state index in [9.17, 15) is 0 Å². The summed E-state index contributed by atoms with van der Waals surface area (Å²) in [6.07, 6.45) is 6.25. The number of aryl methyl sites for hydroxylation is 1. The van der Waals surface area contributed by atoms with E-state index >= 15 is 0 Å². The number of hydrogen-bond donors (Lipinski definition) is 0. The fraction of sp³-hybridized carbons (Fsp3) is 0.385. The minimum absolute atomic E-state index is 0. The van der Waals surface area contributed by atoms with Crippen LogP contribution in [0.5, 0.6) is 0 Å². The van der Waals surface area contributed by atoms with E-state index in [-0.39, 0.29) is 24.8 Å². The first-order valence-electron chi connectivity index (χ1n) is 5.42. The van der Waals surface area contributed by atoms with Gasteiger partial charge in [0, 0.05) is 0 Å². The van der Waals surface area contributed by atoms with Crippen LogP contribution in [0.3, 0.4) is 0 Å². The maximum atomic E-state index is 3.80. The van der Waals surface area contributed by atoms with Crippen LogP contribution in [0.15, 0.2) is 16.1 Å². The number of benzene rings is 1. The van der Waals surface area contributed by atoms with E-state index in [2.05, 4.69) is 35.0 Å². The Bertz CT molecular complexity index is 483. The summed E-state index contributed by atoms with van der Waals surface area (Å²) >= 11 is 5.42. The zero-order valence-corrected chi connectivity index (χ0v) is 15.2. The van der Waals surface area contributed by atoms with Crippen LogP contribution in [0.4, 0.5) is 0 Å². The average molecular weight is 412 g/mol. The Labute approximate surface area is 138 Å². The molecule has 0 aromatic heterocycles. The van der Waals surface area contributed by atoms with E-state index in [0.29, 0.717) is 3.63 Å². The molecule has 0 saturated carbocycles. The molecule has 0 amide bonds. The fourth-order valence-corrected chi connectivity index (χ4v) is 4.26. The van der Waals surface area contributed by atoms with Crippen molar-refractivity contribution in [3.05, 3.63) is 38.4 Å². The molecule has 1 aromatic rings. The molecule has 3 rings (SSSR count). The summed E-state index contributed by atoms with van der Waals surface area (Å²) in [4.78, 5) is 0. The van der Waals surface area contributed by atoms with E-state index in [1.807, 2.05) is 0 Å². The zero-order chi connectivity index (χ0) is 10.6. The van der Waals surface area contributed by atoms with Crippen molar-refractivity contribution in [1.82, 2.24) is 0 Å². The summed E-state index contributed by atoms with van der Waals surface area (Å²) < 4.78 is 2.09. The molecule has 1 unspecified atom stereocenters. The van der Waals surface area contributed by atoms with Crippen molar-refractivity contribution in [3.8, 4) is 0 Å². The van der Waals surface area contributed by atoms with E-state index < -0.39 is 0 Å². The molecular weight excluding hydrogens is 398 g/mol. The summed E-state index contributed by atoms with van der Waals surface area (Å²) in [5.74, 6) is 0. The third-order valence-corrected chi connectivity index (χ3v) is 6.33. The number of hydrogen-bond acceptors (Lipinski definition) is 0. The van der Waals surface area contributed by atoms with E-state index in [1.54, 1.807) is 41.4 Å². The largest absolute Gasteiger partial charge is 0.147 e. The predicted molar refractivity (Wildman–Crippen MR) is 77.1 cm³/mol. The molecule has 0 fully saturated rings. The Morgan fingerprint density at radius 1 is 1.29 bits per heavy atom. The van der Waals surface area contributed by atoms with Crippen LogP contribution in [-0.4, -0.2) is 0 Å². The second-order valence-electron chi connectivity index (χ2n) is 4.51. The maximum absolute atomic E-state index is 3.80. The normalized spacial score (nSPS) is 19.8. The van der Waals surface area contributed by atoms with E-state index in [0.717, 1.165) is 0 Å². The second-order valence-corrected chi connectivity index (χ2v) is 6.72. The Hall–Kier alpha value is 0.903. The smallest absolute Gasteiger partial charge is 0.147 e. The van der Waals surface area contributed by atoms with Crippen molar-refractivity contribution in [1.29, 1.82) is 0 Å². The van der Waals surface area contributed by atoms with Crippen LogP contribution >= 0.6 is 40.7 Å². The minimum atomic E-state index is 0. The van der Waals surface area contributed by atoms with Crippen LogP contribution in [0.25, 0.3) is 6.08 Å². The zero-order valence-electron chi connectivity index (χ0n) is 9.55. The fourth-order valence-electron chi connectivity index (χ4n) is 2.67. The Morgan fingerprint density at radius 3 is 2.71 bits per heavy atom. The summed E-state index contributed by atoms with van der Waals surface area (Å²) in [6, 6.07) is 2.47. The molecule has 17 heavy (non-hydrogen) atoms. The molecule has 0 bridgehead atoms. The molecule has 91 valence electrons. The number of allylic oxidation sites excluding steroid dienone is 1. The molecule has 1 aromatic carbocycles. The van der Waals surface area contributed by atoms with Gasteiger partial charge in [-0.2, -0.15) is 0 Å². The summed E-state index contributed by atoms with van der Waals surface area (Å²) in [5.41, 5.74) is 7.74. The summed E-state index contributed by atoms with van der Waals surface area (Å²) in [6.45, 7) is 2.26. The van der Waals surface area contributed by atoms with Gasteiger partial charge in [-0.15, -0.1) is 24.8 Å². The monoisotopic (exact) mass is 409 g/mol. The molecule has 0 spiro atoms. The number of halogens is 3. The number of fused-ring (bicyclic) bond motifs is 2. The Kier molecular flexibility index (Phi) is 5.54. The van der Waals surface area contributed by atoms with Gasteiger partial charge in [-0.3, -0.25) is 0 Å². The molecule has 0 heterocycles. The molecule has 2 aliphatic carbocycles. The molecule has 0 aliphatic heterocycles. The van der Waals surface area contributed by atoms with Crippen LogP contribution in [-0.2, 0) is 37.6 Å². The third-order valence-electron chi connectivity index (χ3n) is 3.54. The molecule has 1 atom stereocenters. The van der Waals surface area contributed by atoms with Crippen molar-refractivity contribution in [3.63, 3.8) is 0 Å². The first kappa shape index (κ1) is 16.0. The van der Waals surface area contributed by atoms with Gasteiger partial charge in [0.1, 0.15) is 0 Å². The van der Waals surface area contributed by atoms with Crippen LogP contribution < -0.4 is 0 Å². The summed E-state index contributed by atoms with van der Waals surface area (Å²) in [5, 5.41) is 0. The topological polar surface area (TPSA) is 0 Å². The molecule has 4 heteroatoms. The van der Waals surface area contributed by atoms with Gasteiger partial charge in [-0.05, 0) is 0 Å². The van der Waals surface area contributed by atoms with Crippen molar-refractivity contribution >= 4 is 46.8 Å². The van der Waals surface area contributed by atoms with Gasteiger partial charge in [0.25, 0.3) is 0 Å². The SMILES string of the molecule is CC1=Cc2c(cc3c(c2Br)CCC3)[CH]1[Zr].Cl.Cl. The Morgan fingerprint density at radius 2 is 2.00 bits per heavy atom. The van der Waals surface area contributed by atoms with Gasteiger partial charge in [0.15, 0.2) is 0 Å². The molecule has 2 aliphatic rings. The Balaban J connectivity index is 0.000000722. The van der Waals surface area contributed by atoms with Gasteiger partial charge in [0.05, 0.1) is 0 Å². The van der Waals surface area contributed by atoms with Crippen LogP contribution in [0.1, 0.15) is 39.2 Å².